The van der Waals surface area contributed by atoms with Gasteiger partial charge < -0.3 is 20.7 Å². The Balaban J connectivity index is 1.75. The fraction of sp³-hybridized carbons (Fsp3) is 0.259. The van der Waals surface area contributed by atoms with Gasteiger partial charge in [-0.2, -0.15) is 0 Å². The minimum atomic E-state index is -2.60. The average Bonchev–Trinajstić information content (AvgIpc) is 2.84. The van der Waals surface area contributed by atoms with E-state index in [2.05, 4.69) is 5.32 Å². The second kappa shape index (κ2) is 13.0. The number of amides is 1. The van der Waals surface area contributed by atoms with Gasteiger partial charge in [-0.1, -0.05) is 84.9 Å². The molecular weight excluding hydrogens is 463 g/mol. The van der Waals surface area contributed by atoms with Crippen molar-refractivity contribution in [2.24, 2.45) is 11.7 Å². The van der Waals surface area contributed by atoms with Crippen LogP contribution in [0.4, 0.5) is 0 Å². The lowest BCUT2D eigenvalue weighted by molar-refractivity contribution is -0.142. The standard InChI is InChI=1S/C27H31N2O5P/c1-19(28)34-35(33)18-24(16-21-12-14-23(15-13-21)22-10-6-3-7-11-22)26(30)29-25(27(31)32)17-20-8-4-2-5-9-20/h2-15,19,24-25,35H,16-18,28H2,1H3,(H,29,30)(H,31,32)/t19?,24?,25-/m0/s1. The third-order valence-electron chi connectivity index (χ3n) is 5.54. The molecule has 0 spiro atoms. The summed E-state index contributed by atoms with van der Waals surface area (Å²) < 4.78 is 17.7. The van der Waals surface area contributed by atoms with Crippen molar-refractivity contribution in [2.75, 3.05) is 6.16 Å². The monoisotopic (exact) mass is 494 g/mol. The molecule has 0 radical (unpaired) electrons. The van der Waals surface area contributed by atoms with Crippen molar-refractivity contribution in [3.05, 3.63) is 96.1 Å². The van der Waals surface area contributed by atoms with Gasteiger partial charge in [-0.05, 0) is 35.6 Å². The van der Waals surface area contributed by atoms with Crippen LogP contribution in [0.1, 0.15) is 18.1 Å². The Morgan fingerprint density at radius 2 is 1.43 bits per heavy atom. The van der Waals surface area contributed by atoms with Crippen molar-refractivity contribution in [2.45, 2.75) is 32.0 Å². The fourth-order valence-corrected chi connectivity index (χ4v) is 5.05. The number of aliphatic carboxylic acids is 1. The van der Waals surface area contributed by atoms with Gasteiger partial charge in [0.1, 0.15) is 12.3 Å². The maximum atomic E-state index is 13.2. The minimum absolute atomic E-state index is 0.0316. The molecule has 3 rings (SSSR count). The topological polar surface area (TPSA) is 119 Å². The van der Waals surface area contributed by atoms with E-state index in [1.807, 2.05) is 84.9 Å². The van der Waals surface area contributed by atoms with Gasteiger partial charge in [0.2, 0.25) is 5.91 Å². The molecule has 0 aliphatic carbocycles. The maximum Gasteiger partial charge on any atom is 0.326 e. The second-order valence-electron chi connectivity index (χ2n) is 8.45. The van der Waals surface area contributed by atoms with Crippen LogP contribution in [-0.2, 0) is 31.5 Å². The first-order chi connectivity index (χ1) is 16.8. The summed E-state index contributed by atoms with van der Waals surface area (Å²) in [5.74, 6) is -2.35. The zero-order chi connectivity index (χ0) is 25.2. The number of hydrogen-bond donors (Lipinski definition) is 3. The fourth-order valence-electron chi connectivity index (χ4n) is 3.80. The van der Waals surface area contributed by atoms with Crippen molar-refractivity contribution in [1.82, 2.24) is 5.32 Å². The summed E-state index contributed by atoms with van der Waals surface area (Å²) in [6, 6.07) is 25.7. The first-order valence-corrected chi connectivity index (χ1v) is 13.0. The van der Waals surface area contributed by atoms with Gasteiger partial charge in [0.25, 0.3) is 0 Å². The highest BCUT2D eigenvalue weighted by molar-refractivity contribution is 7.39. The Labute approximate surface area is 206 Å². The van der Waals surface area contributed by atoms with Crippen LogP contribution in [0.25, 0.3) is 11.1 Å². The quantitative estimate of drug-likeness (QED) is 0.257. The Morgan fingerprint density at radius 1 is 0.886 bits per heavy atom. The van der Waals surface area contributed by atoms with Crippen molar-refractivity contribution >= 4 is 19.9 Å². The number of nitrogens with two attached hydrogens (primary N) is 1. The van der Waals surface area contributed by atoms with Crippen molar-refractivity contribution in [1.29, 1.82) is 0 Å². The molecule has 35 heavy (non-hydrogen) atoms. The SMILES string of the molecule is CC(N)O[PH](=O)CC(Cc1ccc(-c2ccccc2)cc1)C(=O)N[C@@H](Cc1ccccc1)C(=O)O. The molecule has 3 aromatic carbocycles. The normalized spacial score (nSPS) is 14.5. The van der Waals surface area contributed by atoms with Crippen LogP contribution in [0.2, 0.25) is 0 Å². The summed E-state index contributed by atoms with van der Waals surface area (Å²) >= 11 is 0. The molecule has 0 aliphatic heterocycles. The van der Waals surface area contributed by atoms with Crippen LogP contribution in [0, 0.1) is 5.92 Å². The lowest BCUT2D eigenvalue weighted by atomic mass is 9.97. The number of hydrogen-bond acceptors (Lipinski definition) is 5. The number of carbonyl (C=O) groups excluding carboxylic acids is 1. The highest BCUT2D eigenvalue weighted by Gasteiger charge is 2.27. The molecule has 1 amide bonds. The van der Waals surface area contributed by atoms with E-state index in [1.165, 1.54) is 0 Å². The maximum absolute atomic E-state index is 13.2. The number of carbonyl (C=O) groups is 2. The number of rotatable bonds is 12. The number of benzene rings is 3. The van der Waals surface area contributed by atoms with Gasteiger partial charge >= 0.3 is 5.97 Å². The average molecular weight is 495 g/mol. The van der Waals surface area contributed by atoms with Crippen LogP contribution in [0.3, 0.4) is 0 Å². The molecule has 0 aromatic heterocycles. The predicted octanol–water partition coefficient (Wildman–Crippen LogP) is 4.12. The summed E-state index contributed by atoms with van der Waals surface area (Å²) in [5.41, 5.74) is 9.38. The van der Waals surface area contributed by atoms with Crippen molar-refractivity contribution in [3.63, 3.8) is 0 Å². The largest absolute Gasteiger partial charge is 0.480 e. The van der Waals surface area contributed by atoms with Crippen LogP contribution in [0.15, 0.2) is 84.9 Å². The zero-order valence-electron chi connectivity index (χ0n) is 19.6. The van der Waals surface area contributed by atoms with Crippen LogP contribution < -0.4 is 11.1 Å². The molecule has 4 N–H and O–H groups in total. The van der Waals surface area contributed by atoms with Crippen LogP contribution >= 0.6 is 8.03 Å². The Morgan fingerprint density at radius 3 is 2.00 bits per heavy atom. The smallest absolute Gasteiger partial charge is 0.326 e. The second-order valence-corrected chi connectivity index (χ2v) is 9.84. The van der Waals surface area contributed by atoms with E-state index in [4.69, 9.17) is 10.3 Å². The number of nitrogens with one attached hydrogen (secondary N) is 1. The van der Waals surface area contributed by atoms with E-state index in [0.717, 1.165) is 22.3 Å². The van der Waals surface area contributed by atoms with Crippen LogP contribution in [-0.4, -0.2) is 35.4 Å². The molecule has 3 aromatic rings. The van der Waals surface area contributed by atoms with E-state index in [9.17, 15) is 19.3 Å². The lowest BCUT2D eigenvalue weighted by Gasteiger charge is -2.21. The molecule has 0 aliphatic rings. The van der Waals surface area contributed by atoms with Crippen LogP contribution in [0.5, 0.6) is 0 Å². The molecule has 0 saturated carbocycles. The summed E-state index contributed by atoms with van der Waals surface area (Å²) in [7, 11) is -2.60. The highest BCUT2D eigenvalue weighted by Crippen LogP contribution is 2.29. The van der Waals surface area contributed by atoms with E-state index in [-0.39, 0.29) is 19.0 Å². The molecule has 184 valence electrons. The third-order valence-corrected chi connectivity index (χ3v) is 7.00. The van der Waals surface area contributed by atoms with E-state index < -0.39 is 38.1 Å². The summed E-state index contributed by atoms with van der Waals surface area (Å²) in [6.45, 7) is 1.57. The van der Waals surface area contributed by atoms with Gasteiger partial charge in [-0.15, -0.1) is 0 Å². The van der Waals surface area contributed by atoms with Gasteiger partial charge in [0.05, 0.1) is 5.92 Å². The summed E-state index contributed by atoms with van der Waals surface area (Å²) in [4.78, 5) is 25.0. The molecule has 0 bridgehead atoms. The molecule has 8 heteroatoms. The molecule has 0 heterocycles. The van der Waals surface area contributed by atoms with E-state index >= 15 is 0 Å². The lowest BCUT2D eigenvalue weighted by Crippen LogP contribution is -2.46. The molecule has 0 saturated heterocycles. The van der Waals surface area contributed by atoms with Crippen molar-refractivity contribution in [3.8, 4) is 11.1 Å². The van der Waals surface area contributed by atoms with Gasteiger partial charge in [-0.25, -0.2) is 4.79 Å². The zero-order valence-corrected chi connectivity index (χ0v) is 20.6. The molecule has 4 atom stereocenters. The van der Waals surface area contributed by atoms with Gasteiger partial charge in [0, 0.05) is 12.6 Å². The van der Waals surface area contributed by atoms with Crippen molar-refractivity contribution < 1.29 is 23.8 Å². The Hall–Kier alpha value is -3.25. The number of carboxylic acid groups (broad SMARTS) is 1. The predicted molar refractivity (Wildman–Crippen MR) is 137 cm³/mol. The molecule has 3 unspecified atom stereocenters. The number of carboxylic acids is 1. The Kier molecular flexibility index (Phi) is 9.79. The molecule has 0 fully saturated rings. The highest BCUT2D eigenvalue weighted by atomic mass is 31.1. The summed E-state index contributed by atoms with van der Waals surface area (Å²) in [6.07, 6.45) is -0.320. The first kappa shape index (κ1) is 26.4. The van der Waals surface area contributed by atoms with E-state index in [0.29, 0.717) is 0 Å². The minimum Gasteiger partial charge on any atom is -0.480 e. The van der Waals surface area contributed by atoms with Gasteiger partial charge in [-0.3, -0.25) is 9.36 Å². The van der Waals surface area contributed by atoms with E-state index in [1.54, 1.807) is 6.92 Å². The summed E-state index contributed by atoms with van der Waals surface area (Å²) in [5, 5.41) is 12.3. The van der Waals surface area contributed by atoms with Gasteiger partial charge in [0.15, 0.2) is 8.03 Å². The third kappa shape index (κ3) is 8.48. The molecule has 7 nitrogen and oxygen atoms in total. The first-order valence-electron chi connectivity index (χ1n) is 11.5. The molecular formula is C27H31N2O5P. The Bertz CT molecular complexity index is 1120.